The summed E-state index contributed by atoms with van der Waals surface area (Å²) < 4.78 is 1.59. The van der Waals surface area contributed by atoms with Crippen LogP contribution in [0.15, 0.2) is 59.5 Å². The Kier molecular flexibility index (Phi) is 5.60. The summed E-state index contributed by atoms with van der Waals surface area (Å²) in [4.78, 5) is 28.8. The zero-order valence-corrected chi connectivity index (χ0v) is 16.8. The number of carbonyl (C=O) groups is 1. The first-order chi connectivity index (χ1) is 14.1. The summed E-state index contributed by atoms with van der Waals surface area (Å²) in [5, 5.41) is 4.73. The number of fused-ring (bicyclic) bond motifs is 1. The van der Waals surface area contributed by atoms with E-state index in [2.05, 4.69) is 34.3 Å². The van der Waals surface area contributed by atoms with Crippen molar-refractivity contribution in [2.75, 3.05) is 25.0 Å². The smallest absolute Gasteiger partial charge is 0.244 e. The normalized spacial score (nSPS) is 14.2. The summed E-state index contributed by atoms with van der Waals surface area (Å²) in [6.07, 6.45) is 5.11. The van der Waals surface area contributed by atoms with Crippen molar-refractivity contribution in [3.05, 3.63) is 70.5 Å². The molecule has 4 rings (SSSR count). The van der Waals surface area contributed by atoms with Crippen molar-refractivity contribution >= 4 is 22.5 Å². The molecule has 0 spiro atoms. The monoisotopic (exact) mass is 390 g/mol. The Balaban J connectivity index is 1.42. The topological polar surface area (TPSA) is 58.4 Å². The minimum absolute atomic E-state index is 0.0496. The number of carbonyl (C=O) groups excluding carboxylic acids is 1. The van der Waals surface area contributed by atoms with Crippen molar-refractivity contribution in [3.8, 4) is 0 Å². The molecular weight excluding hydrogens is 364 g/mol. The number of nitrogens with zero attached hydrogens (tertiary/aromatic N) is 4. The third kappa shape index (κ3) is 4.31. The molecule has 0 bridgehead atoms. The van der Waals surface area contributed by atoms with Crippen LogP contribution in [-0.2, 0) is 17.9 Å². The number of piperidine rings is 1. The Morgan fingerprint density at radius 3 is 2.52 bits per heavy atom. The molecule has 2 heterocycles. The SMILES string of the molecule is CN(Cc1ccc(N2CCCCC2)cc1)C(=O)Cn1ncc(=O)c2ccccc21. The van der Waals surface area contributed by atoms with Crippen LogP contribution in [-0.4, -0.2) is 40.7 Å². The maximum Gasteiger partial charge on any atom is 0.244 e. The fourth-order valence-electron chi connectivity index (χ4n) is 3.86. The number of para-hydroxylation sites is 1. The molecule has 1 aliphatic rings. The van der Waals surface area contributed by atoms with Gasteiger partial charge in [-0.05, 0) is 49.1 Å². The molecule has 1 aromatic heterocycles. The van der Waals surface area contributed by atoms with Crippen LogP contribution in [0.1, 0.15) is 24.8 Å². The lowest BCUT2D eigenvalue weighted by molar-refractivity contribution is -0.131. The highest BCUT2D eigenvalue weighted by Gasteiger charge is 2.14. The van der Waals surface area contributed by atoms with Crippen molar-refractivity contribution in [2.45, 2.75) is 32.4 Å². The first-order valence-corrected chi connectivity index (χ1v) is 10.1. The van der Waals surface area contributed by atoms with Crippen molar-refractivity contribution < 1.29 is 4.79 Å². The Hall–Kier alpha value is -3.15. The standard InChI is InChI=1S/C23H26N4O2/c1-25(16-18-9-11-19(12-10-18)26-13-5-2-6-14-26)23(29)17-27-21-8-4-3-7-20(21)22(28)15-24-27/h3-4,7-12,15H,2,5-6,13-14,16-17H2,1H3. The Labute approximate surface area is 170 Å². The zero-order valence-electron chi connectivity index (χ0n) is 16.8. The molecule has 0 saturated carbocycles. The number of rotatable bonds is 5. The average molecular weight is 390 g/mol. The second kappa shape index (κ2) is 8.47. The predicted octanol–water partition coefficient (Wildman–Crippen LogP) is 3.05. The van der Waals surface area contributed by atoms with Gasteiger partial charge in [-0.15, -0.1) is 0 Å². The minimum atomic E-state index is -0.133. The van der Waals surface area contributed by atoms with E-state index in [9.17, 15) is 9.59 Å². The second-order valence-corrected chi connectivity index (χ2v) is 7.65. The molecular formula is C23H26N4O2. The van der Waals surface area contributed by atoms with E-state index in [-0.39, 0.29) is 17.9 Å². The lowest BCUT2D eigenvalue weighted by Crippen LogP contribution is -2.31. The summed E-state index contributed by atoms with van der Waals surface area (Å²) in [5.74, 6) is -0.0496. The number of likely N-dealkylation sites (N-methyl/N-ethyl adjacent to an activating group) is 1. The number of aromatic nitrogens is 2. The van der Waals surface area contributed by atoms with Gasteiger partial charge in [-0.2, -0.15) is 5.10 Å². The van der Waals surface area contributed by atoms with E-state index in [1.807, 2.05) is 18.2 Å². The molecule has 0 N–H and O–H groups in total. The van der Waals surface area contributed by atoms with Gasteiger partial charge in [0, 0.05) is 37.8 Å². The number of hydrogen-bond acceptors (Lipinski definition) is 4. The van der Waals surface area contributed by atoms with Crippen LogP contribution in [0.4, 0.5) is 5.69 Å². The largest absolute Gasteiger partial charge is 0.372 e. The molecule has 0 radical (unpaired) electrons. The highest BCUT2D eigenvalue weighted by molar-refractivity contribution is 5.81. The van der Waals surface area contributed by atoms with Crippen LogP contribution in [0.25, 0.3) is 10.9 Å². The molecule has 0 atom stereocenters. The van der Waals surface area contributed by atoms with E-state index in [0.717, 1.165) is 18.7 Å². The van der Waals surface area contributed by atoms with Crippen molar-refractivity contribution in [1.82, 2.24) is 14.7 Å². The molecule has 1 saturated heterocycles. The maximum atomic E-state index is 12.7. The van der Waals surface area contributed by atoms with Gasteiger partial charge in [-0.3, -0.25) is 14.3 Å². The fourth-order valence-corrected chi connectivity index (χ4v) is 3.86. The van der Waals surface area contributed by atoms with Crippen LogP contribution in [0.5, 0.6) is 0 Å². The Morgan fingerprint density at radius 2 is 1.76 bits per heavy atom. The molecule has 0 unspecified atom stereocenters. The van der Waals surface area contributed by atoms with Gasteiger partial charge in [-0.1, -0.05) is 24.3 Å². The number of benzene rings is 2. The van der Waals surface area contributed by atoms with Gasteiger partial charge in [0.05, 0.1) is 11.7 Å². The Morgan fingerprint density at radius 1 is 1.03 bits per heavy atom. The molecule has 3 aromatic rings. The third-order valence-corrected chi connectivity index (χ3v) is 5.55. The number of hydrogen-bond donors (Lipinski definition) is 0. The fraction of sp³-hybridized carbons (Fsp3) is 0.348. The minimum Gasteiger partial charge on any atom is -0.372 e. The summed E-state index contributed by atoms with van der Waals surface area (Å²) in [6.45, 7) is 2.89. The number of anilines is 1. The molecule has 6 nitrogen and oxygen atoms in total. The van der Waals surface area contributed by atoms with Crippen LogP contribution < -0.4 is 10.3 Å². The third-order valence-electron chi connectivity index (χ3n) is 5.55. The van der Waals surface area contributed by atoms with Crippen molar-refractivity contribution in [2.24, 2.45) is 0 Å². The van der Waals surface area contributed by atoms with Gasteiger partial charge in [0.15, 0.2) is 0 Å². The Bertz CT molecular complexity index is 1050. The number of amides is 1. The van der Waals surface area contributed by atoms with E-state index >= 15 is 0 Å². The molecule has 2 aromatic carbocycles. The van der Waals surface area contributed by atoms with E-state index in [1.54, 1.807) is 22.7 Å². The molecule has 1 amide bonds. The first-order valence-electron chi connectivity index (χ1n) is 10.1. The summed E-state index contributed by atoms with van der Waals surface area (Å²) >= 11 is 0. The molecule has 6 heteroatoms. The van der Waals surface area contributed by atoms with Gasteiger partial charge >= 0.3 is 0 Å². The summed E-state index contributed by atoms with van der Waals surface area (Å²) in [6, 6.07) is 15.7. The van der Waals surface area contributed by atoms with Crippen LogP contribution in [0.2, 0.25) is 0 Å². The second-order valence-electron chi connectivity index (χ2n) is 7.65. The van der Waals surface area contributed by atoms with Gasteiger partial charge in [0.1, 0.15) is 6.54 Å². The van der Waals surface area contributed by atoms with E-state index < -0.39 is 0 Å². The van der Waals surface area contributed by atoms with Crippen molar-refractivity contribution in [1.29, 1.82) is 0 Å². The van der Waals surface area contributed by atoms with E-state index in [1.165, 1.54) is 31.1 Å². The zero-order chi connectivity index (χ0) is 20.2. The van der Waals surface area contributed by atoms with Gasteiger partial charge in [0.2, 0.25) is 11.3 Å². The molecule has 150 valence electrons. The molecule has 1 fully saturated rings. The average Bonchev–Trinajstić information content (AvgIpc) is 2.77. The van der Waals surface area contributed by atoms with Gasteiger partial charge < -0.3 is 9.80 Å². The molecule has 0 aliphatic carbocycles. The lowest BCUT2D eigenvalue weighted by atomic mass is 10.1. The lowest BCUT2D eigenvalue weighted by Gasteiger charge is -2.29. The molecule has 1 aliphatic heterocycles. The van der Waals surface area contributed by atoms with E-state index in [0.29, 0.717) is 17.4 Å². The quantitative estimate of drug-likeness (QED) is 0.672. The van der Waals surface area contributed by atoms with Crippen LogP contribution in [0.3, 0.4) is 0 Å². The first kappa shape index (κ1) is 19.2. The van der Waals surface area contributed by atoms with Gasteiger partial charge in [-0.25, -0.2) is 0 Å². The van der Waals surface area contributed by atoms with Crippen LogP contribution in [0, 0.1) is 0 Å². The molecule has 29 heavy (non-hydrogen) atoms. The summed E-state index contributed by atoms with van der Waals surface area (Å²) in [7, 11) is 1.80. The van der Waals surface area contributed by atoms with Crippen molar-refractivity contribution in [3.63, 3.8) is 0 Å². The predicted molar refractivity (Wildman–Crippen MR) is 115 cm³/mol. The highest BCUT2D eigenvalue weighted by Crippen LogP contribution is 2.20. The summed E-state index contributed by atoms with van der Waals surface area (Å²) in [5.41, 5.74) is 2.89. The maximum absolute atomic E-state index is 12.7. The van der Waals surface area contributed by atoms with Gasteiger partial charge in [0.25, 0.3) is 0 Å². The van der Waals surface area contributed by atoms with Crippen LogP contribution >= 0.6 is 0 Å². The highest BCUT2D eigenvalue weighted by atomic mass is 16.2. The van der Waals surface area contributed by atoms with E-state index in [4.69, 9.17) is 0 Å².